The molecule has 6 heteroatoms. The minimum Gasteiger partial charge on any atom is -0.497 e. The van der Waals surface area contributed by atoms with E-state index in [-0.39, 0.29) is 16.9 Å². The second-order valence-electron chi connectivity index (χ2n) is 5.58. The molecule has 0 aliphatic rings. The number of anilines is 1. The number of aromatic amines is 1. The van der Waals surface area contributed by atoms with Crippen LogP contribution in [0.1, 0.15) is 10.4 Å². The summed E-state index contributed by atoms with van der Waals surface area (Å²) in [6, 6.07) is 16.0. The highest BCUT2D eigenvalue weighted by Crippen LogP contribution is 2.35. The van der Waals surface area contributed by atoms with Gasteiger partial charge in [0.05, 0.1) is 25.3 Å². The van der Waals surface area contributed by atoms with Crippen molar-refractivity contribution in [2.24, 2.45) is 0 Å². The first kappa shape index (κ1) is 17.3. The molecule has 0 amide bonds. The average molecular weight is 350 g/mol. The maximum Gasteiger partial charge on any atom is 0.339 e. The molecule has 0 aliphatic heterocycles. The number of carbonyl (C=O) groups excluding carboxylic acids is 1. The van der Waals surface area contributed by atoms with Crippen LogP contribution in [-0.2, 0) is 4.74 Å². The number of rotatable bonds is 4. The first-order valence-electron chi connectivity index (χ1n) is 7.90. The molecule has 0 saturated carbocycles. The Bertz CT molecular complexity index is 1010. The molecule has 132 valence electrons. The SMILES string of the molecule is COC(=O)c1c(-c2cccc(OC)c2)c(N)[nH]c(=O)c1-c1ccccc1. The maximum atomic E-state index is 12.6. The largest absolute Gasteiger partial charge is 0.497 e. The van der Waals surface area contributed by atoms with Crippen molar-refractivity contribution in [2.45, 2.75) is 0 Å². The van der Waals surface area contributed by atoms with Gasteiger partial charge in [0, 0.05) is 5.56 Å². The van der Waals surface area contributed by atoms with Gasteiger partial charge in [0.15, 0.2) is 0 Å². The molecule has 6 nitrogen and oxygen atoms in total. The molecule has 0 aliphatic carbocycles. The summed E-state index contributed by atoms with van der Waals surface area (Å²) in [5.74, 6) is 0.0491. The number of carbonyl (C=O) groups is 1. The molecule has 0 spiro atoms. The van der Waals surface area contributed by atoms with Crippen molar-refractivity contribution in [1.82, 2.24) is 4.98 Å². The van der Waals surface area contributed by atoms with Crippen LogP contribution >= 0.6 is 0 Å². The zero-order chi connectivity index (χ0) is 18.7. The van der Waals surface area contributed by atoms with Crippen LogP contribution in [0.3, 0.4) is 0 Å². The molecular formula is C20H18N2O4. The molecule has 0 unspecified atom stereocenters. The number of pyridine rings is 1. The molecule has 1 aromatic heterocycles. The smallest absolute Gasteiger partial charge is 0.339 e. The molecule has 1 heterocycles. The van der Waals surface area contributed by atoms with Crippen LogP contribution in [0, 0.1) is 0 Å². The van der Waals surface area contributed by atoms with Crippen LogP contribution in [0.15, 0.2) is 59.4 Å². The van der Waals surface area contributed by atoms with Crippen LogP contribution in [0.2, 0.25) is 0 Å². The van der Waals surface area contributed by atoms with Gasteiger partial charge in [-0.25, -0.2) is 4.79 Å². The first-order valence-corrected chi connectivity index (χ1v) is 7.90. The van der Waals surface area contributed by atoms with Gasteiger partial charge < -0.3 is 20.2 Å². The number of aromatic nitrogens is 1. The van der Waals surface area contributed by atoms with E-state index in [9.17, 15) is 9.59 Å². The quantitative estimate of drug-likeness (QED) is 0.705. The number of nitrogens with two attached hydrogens (primary N) is 1. The molecule has 0 radical (unpaired) electrons. The minimum absolute atomic E-state index is 0.0864. The van der Waals surface area contributed by atoms with E-state index >= 15 is 0 Å². The van der Waals surface area contributed by atoms with Gasteiger partial charge in [0.2, 0.25) is 0 Å². The summed E-state index contributed by atoms with van der Waals surface area (Å²) < 4.78 is 10.2. The summed E-state index contributed by atoms with van der Waals surface area (Å²) in [7, 11) is 2.82. The lowest BCUT2D eigenvalue weighted by atomic mass is 9.93. The van der Waals surface area contributed by atoms with Crippen molar-refractivity contribution in [3.63, 3.8) is 0 Å². The van der Waals surface area contributed by atoms with E-state index in [1.807, 2.05) is 6.07 Å². The molecule has 0 fully saturated rings. The number of esters is 1. The van der Waals surface area contributed by atoms with E-state index in [0.29, 0.717) is 22.4 Å². The fraction of sp³-hybridized carbons (Fsp3) is 0.100. The monoisotopic (exact) mass is 350 g/mol. The minimum atomic E-state index is -0.639. The lowest BCUT2D eigenvalue weighted by Gasteiger charge is -2.16. The molecule has 0 saturated heterocycles. The lowest BCUT2D eigenvalue weighted by Crippen LogP contribution is -2.20. The maximum absolute atomic E-state index is 12.6. The van der Waals surface area contributed by atoms with Gasteiger partial charge in [-0.2, -0.15) is 0 Å². The third-order valence-electron chi connectivity index (χ3n) is 4.05. The number of H-pyrrole nitrogens is 1. The number of methoxy groups -OCH3 is 2. The fourth-order valence-electron chi connectivity index (χ4n) is 2.89. The summed E-state index contributed by atoms with van der Waals surface area (Å²) in [5.41, 5.74) is 7.58. The lowest BCUT2D eigenvalue weighted by molar-refractivity contribution is 0.0602. The Balaban J connectivity index is 2.41. The molecule has 26 heavy (non-hydrogen) atoms. The predicted molar refractivity (Wildman–Crippen MR) is 100 cm³/mol. The molecule has 0 bridgehead atoms. The van der Waals surface area contributed by atoms with E-state index in [4.69, 9.17) is 15.2 Å². The number of hydrogen-bond donors (Lipinski definition) is 2. The van der Waals surface area contributed by atoms with Crippen molar-refractivity contribution in [3.05, 3.63) is 70.5 Å². The van der Waals surface area contributed by atoms with E-state index in [2.05, 4.69) is 4.98 Å². The summed E-state index contributed by atoms with van der Waals surface area (Å²) in [6.45, 7) is 0. The summed E-state index contributed by atoms with van der Waals surface area (Å²) in [4.78, 5) is 27.9. The number of ether oxygens (including phenoxy) is 2. The van der Waals surface area contributed by atoms with Gasteiger partial charge in [0.25, 0.3) is 5.56 Å². The van der Waals surface area contributed by atoms with Crippen LogP contribution in [0.25, 0.3) is 22.3 Å². The Labute approximate surface area is 150 Å². The number of nitrogens with one attached hydrogen (secondary N) is 1. The van der Waals surface area contributed by atoms with Gasteiger partial charge in [-0.05, 0) is 23.3 Å². The van der Waals surface area contributed by atoms with Crippen molar-refractivity contribution in [3.8, 4) is 28.0 Å². The highest BCUT2D eigenvalue weighted by atomic mass is 16.5. The topological polar surface area (TPSA) is 94.4 Å². The van der Waals surface area contributed by atoms with Crippen molar-refractivity contribution in [2.75, 3.05) is 20.0 Å². The van der Waals surface area contributed by atoms with E-state index in [1.165, 1.54) is 7.11 Å². The van der Waals surface area contributed by atoms with E-state index in [0.717, 1.165) is 0 Å². The third-order valence-corrected chi connectivity index (χ3v) is 4.05. The zero-order valence-corrected chi connectivity index (χ0v) is 14.4. The second kappa shape index (κ2) is 7.14. The highest BCUT2D eigenvalue weighted by molar-refractivity contribution is 6.06. The Morgan fingerprint density at radius 3 is 2.31 bits per heavy atom. The normalized spacial score (nSPS) is 10.4. The van der Waals surface area contributed by atoms with Gasteiger partial charge in [-0.1, -0.05) is 42.5 Å². The molecule has 3 rings (SSSR count). The predicted octanol–water partition coefficient (Wildman–Crippen LogP) is 3.09. The van der Waals surface area contributed by atoms with Gasteiger partial charge >= 0.3 is 5.97 Å². The number of hydrogen-bond acceptors (Lipinski definition) is 5. The van der Waals surface area contributed by atoms with Crippen LogP contribution in [0.4, 0.5) is 5.82 Å². The number of benzene rings is 2. The first-order chi connectivity index (χ1) is 12.6. The number of nitrogen functional groups attached to an aromatic ring is 1. The van der Waals surface area contributed by atoms with E-state index in [1.54, 1.807) is 55.6 Å². The Morgan fingerprint density at radius 1 is 0.962 bits per heavy atom. The molecular weight excluding hydrogens is 332 g/mol. The Hall–Kier alpha value is -3.54. The van der Waals surface area contributed by atoms with Crippen molar-refractivity contribution >= 4 is 11.8 Å². The van der Waals surface area contributed by atoms with Crippen molar-refractivity contribution in [1.29, 1.82) is 0 Å². The Morgan fingerprint density at radius 2 is 1.65 bits per heavy atom. The molecule has 2 aromatic carbocycles. The molecule has 3 N–H and O–H groups in total. The van der Waals surface area contributed by atoms with Gasteiger partial charge in [-0.15, -0.1) is 0 Å². The van der Waals surface area contributed by atoms with Gasteiger partial charge in [0.1, 0.15) is 11.6 Å². The fourth-order valence-corrected chi connectivity index (χ4v) is 2.89. The third kappa shape index (κ3) is 3.04. The Kier molecular flexibility index (Phi) is 4.75. The molecule has 3 aromatic rings. The van der Waals surface area contributed by atoms with E-state index < -0.39 is 11.5 Å². The standard InChI is InChI=1S/C20H18N2O4/c1-25-14-10-6-9-13(11-14)15-17(20(24)26-2)16(19(23)22-18(15)21)12-7-4-3-5-8-12/h3-11H,1-2H3,(H3,21,22,23). The van der Waals surface area contributed by atoms with Crippen LogP contribution in [-0.4, -0.2) is 25.2 Å². The zero-order valence-electron chi connectivity index (χ0n) is 14.4. The summed E-state index contributed by atoms with van der Waals surface area (Å²) >= 11 is 0. The summed E-state index contributed by atoms with van der Waals surface area (Å²) in [5, 5.41) is 0. The second-order valence-corrected chi connectivity index (χ2v) is 5.58. The average Bonchev–Trinajstić information content (AvgIpc) is 2.67. The highest BCUT2D eigenvalue weighted by Gasteiger charge is 2.25. The van der Waals surface area contributed by atoms with Gasteiger partial charge in [-0.3, -0.25) is 4.79 Å². The van der Waals surface area contributed by atoms with Crippen LogP contribution in [0.5, 0.6) is 5.75 Å². The summed E-state index contributed by atoms with van der Waals surface area (Å²) in [6.07, 6.45) is 0. The van der Waals surface area contributed by atoms with Crippen molar-refractivity contribution < 1.29 is 14.3 Å². The molecule has 0 atom stereocenters. The van der Waals surface area contributed by atoms with Crippen LogP contribution < -0.4 is 16.0 Å².